The van der Waals surface area contributed by atoms with E-state index in [9.17, 15) is 9.59 Å². The number of hydrogen-bond donors (Lipinski definition) is 0. The minimum absolute atomic E-state index is 0.314. The molecule has 5 heteroatoms. The first kappa shape index (κ1) is 19.4. The summed E-state index contributed by atoms with van der Waals surface area (Å²) in [6, 6.07) is 8.88. The summed E-state index contributed by atoms with van der Waals surface area (Å²) in [6.45, 7) is 3.69. The molecule has 0 radical (unpaired) electrons. The van der Waals surface area contributed by atoms with Crippen molar-refractivity contribution in [2.24, 2.45) is 0 Å². The zero-order valence-corrected chi connectivity index (χ0v) is 14.6. The standard InChI is InChI=1S/C18H25O4P/c1-2-3-4-5-6-7-11-14-16(19)21-17(18(20)22-23)15-12-9-8-10-13-15/h2,8-10,12-13,17H,1,3-7,11,14,23H2/t17-/m0/s1. The second-order valence-electron chi connectivity index (χ2n) is 5.31. The summed E-state index contributed by atoms with van der Waals surface area (Å²) in [5.41, 5.74) is 0.609. The van der Waals surface area contributed by atoms with Crippen molar-refractivity contribution < 1.29 is 18.8 Å². The summed E-state index contributed by atoms with van der Waals surface area (Å²) in [4.78, 5) is 23.7. The van der Waals surface area contributed by atoms with Gasteiger partial charge in [-0.15, -0.1) is 6.58 Å². The summed E-state index contributed by atoms with van der Waals surface area (Å²) in [6.07, 6.45) is 7.40. The van der Waals surface area contributed by atoms with Gasteiger partial charge in [0.15, 0.2) is 0 Å². The average molecular weight is 336 g/mol. The first-order valence-electron chi connectivity index (χ1n) is 7.95. The van der Waals surface area contributed by atoms with E-state index in [2.05, 4.69) is 11.1 Å². The number of allylic oxidation sites excluding steroid dienone is 1. The van der Waals surface area contributed by atoms with Crippen LogP contribution in [0.25, 0.3) is 0 Å². The fourth-order valence-corrected chi connectivity index (χ4v) is 2.34. The number of unbranched alkanes of at least 4 members (excludes halogenated alkanes) is 5. The molecule has 0 saturated heterocycles. The van der Waals surface area contributed by atoms with Crippen LogP contribution in [-0.4, -0.2) is 11.9 Å². The molecular formula is C18H25O4P. The van der Waals surface area contributed by atoms with Crippen LogP contribution in [0.3, 0.4) is 0 Å². The molecule has 0 amide bonds. The number of carbonyl (C=O) groups is 2. The lowest BCUT2D eigenvalue weighted by atomic mass is 10.1. The number of benzene rings is 1. The smallest absolute Gasteiger partial charge is 0.354 e. The van der Waals surface area contributed by atoms with Gasteiger partial charge in [-0.3, -0.25) is 4.79 Å². The van der Waals surface area contributed by atoms with Crippen molar-refractivity contribution in [3.63, 3.8) is 0 Å². The summed E-state index contributed by atoms with van der Waals surface area (Å²) >= 11 is 0. The van der Waals surface area contributed by atoms with Crippen molar-refractivity contribution in [2.75, 3.05) is 0 Å². The van der Waals surface area contributed by atoms with Gasteiger partial charge >= 0.3 is 11.9 Å². The Kier molecular flexibility index (Phi) is 9.97. The summed E-state index contributed by atoms with van der Waals surface area (Å²) in [5.74, 6) is -0.973. The van der Waals surface area contributed by atoms with Crippen molar-refractivity contribution in [3.8, 4) is 0 Å². The molecule has 1 aromatic carbocycles. The van der Waals surface area contributed by atoms with Crippen molar-refractivity contribution in [2.45, 2.75) is 51.0 Å². The molecule has 0 heterocycles. The minimum Gasteiger partial charge on any atom is -0.449 e. The van der Waals surface area contributed by atoms with E-state index in [1.54, 1.807) is 24.3 Å². The number of ether oxygens (including phenoxy) is 1. The zero-order valence-electron chi connectivity index (χ0n) is 13.4. The summed E-state index contributed by atoms with van der Waals surface area (Å²) in [7, 11) is 1.89. The molecule has 23 heavy (non-hydrogen) atoms. The third kappa shape index (κ3) is 7.94. The molecule has 126 valence electrons. The number of carbonyl (C=O) groups excluding carboxylic acids is 2. The molecule has 0 aliphatic rings. The molecule has 0 N–H and O–H groups in total. The van der Waals surface area contributed by atoms with Crippen LogP contribution in [0.2, 0.25) is 0 Å². The van der Waals surface area contributed by atoms with Crippen LogP contribution < -0.4 is 0 Å². The fraction of sp³-hybridized carbons (Fsp3) is 0.444. The van der Waals surface area contributed by atoms with Crippen LogP contribution in [-0.2, 0) is 18.8 Å². The topological polar surface area (TPSA) is 52.6 Å². The van der Waals surface area contributed by atoms with E-state index in [-0.39, 0.29) is 5.97 Å². The lowest BCUT2D eigenvalue weighted by Crippen LogP contribution is -2.19. The molecule has 1 aromatic rings. The molecule has 2 atom stereocenters. The van der Waals surface area contributed by atoms with Crippen molar-refractivity contribution >= 4 is 21.4 Å². The predicted molar refractivity (Wildman–Crippen MR) is 93.6 cm³/mol. The molecule has 0 fully saturated rings. The third-order valence-corrected chi connectivity index (χ3v) is 3.70. The summed E-state index contributed by atoms with van der Waals surface area (Å²) < 4.78 is 9.93. The Morgan fingerprint density at radius 1 is 1.09 bits per heavy atom. The monoisotopic (exact) mass is 336 g/mol. The Bertz CT molecular complexity index is 487. The van der Waals surface area contributed by atoms with E-state index in [0.717, 1.165) is 38.5 Å². The van der Waals surface area contributed by atoms with Crippen LogP contribution >= 0.6 is 9.47 Å². The van der Waals surface area contributed by atoms with Crippen LogP contribution in [0.5, 0.6) is 0 Å². The highest BCUT2D eigenvalue weighted by atomic mass is 31.0. The van der Waals surface area contributed by atoms with Crippen LogP contribution in [0.1, 0.15) is 56.6 Å². The second kappa shape index (κ2) is 11.8. The van der Waals surface area contributed by atoms with E-state index in [4.69, 9.17) is 4.74 Å². The van der Waals surface area contributed by atoms with Gasteiger partial charge in [0, 0.05) is 12.0 Å². The Morgan fingerprint density at radius 2 is 1.74 bits per heavy atom. The Labute approximate surface area is 140 Å². The van der Waals surface area contributed by atoms with Crippen LogP contribution in [0, 0.1) is 0 Å². The maximum absolute atomic E-state index is 11.9. The molecule has 0 bridgehead atoms. The largest absolute Gasteiger partial charge is 0.449 e. The minimum atomic E-state index is -1.01. The van der Waals surface area contributed by atoms with E-state index in [1.807, 2.05) is 21.6 Å². The third-order valence-electron chi connectivity index (χ3n) is 3.47. The molecule has 0 aliphatic heterocycles. The molecule has 0 aliphatic carbocycles. The molecular weight excluding hydrogens is 311 g/mol. The maximum atomic E-state index is 11.9. The zero-order chi connectivity index (χ0) is 16.9. The van der Waals surface area contributed by atoms with Crippen molar-refractivity contribution in [1.82, 2.24) is 0 Å². The van der Waals surface area contributed by atoms with Crippen LogP contribution in [0.15, 0.2) is 43.0 Å². The van der Waals surface area contributed by atoms with E-state index >= 15 is 0 Å². The highest BCUT2D eigenvalue weighted by Crippen LogP contribution is 2.21. The Morgan fingerprint density at radius 3 is 2.39 bits per heavy atom. The Hall–Kier alpha value is -1.67. The number of rotatable bonds is 11. The SMILES string of the molecule is C=CCCCCCCCC(=O)O[C@H](C(=O)OP)c1ccccc1. The van der Waals surface area contributed by atoms with Gasteiger partial charge in [0.2, 0.25) is 6.10 Å². The van der Waals surface area contributed by atoms with E-state index < -0.39 is 12.1 Å². The Balaban J connectivity index is 2.37. The van der Waals surface area contributed by atoms with Gasteiger partial charge in [0.1, 0.15) is 0 Å². The summed E-state index contributed by atoms with van der Waals surface area (Å²) in [5, 5.41) is 0. The normalized spacial score (nSPS) is 11.5. The van der Waals surface area contributed by atoms with Crippen LogP contribution in [0.4, 0.5) is 0 Å². The first-order valence-corrected chi connectivity index (χ1v) is 8.42. The molecule has 1 unspecified atom stereocenters. The van der Waals surface area contributed by atoms with Gasteiger partial charge in [-0.05, 0) is 19.3 Å². The highest BCUT2D eigenvalue weighted by Gasteiger charge is 2.25. The lowest BCUT2D eigenvalue weighted by molar-refractivity contribution is -0.162. The van der Waals surface area contributed by atoms with Gasteiger partial charge in [0.05, 0.1) is 9.47 Å². The first-order chi connectivity index (χ1) is 11.2. The van der Waals surface area contributed by atoms with Gasteiger partial charge in [-0.25, -0.2) is 4.79 Å². The molecule has 0 aromatic heterocycles. The van der Waals surface area contributed by atoms with Crippen molar-refractivity contribution in [3.05, 3.63) is 48.6 Å². The highest BCUT2D eigenvalue weighted by molar-refractivity contribution is 7.10. The predicted octanol–water partition coefficient (Wildman–Crippen LogP) is 4.52. The van der Waals surface area contributed by atoms with Gasteiger partial charge < -0.3 is 9.26 Å². The van der Waals surface area contributed by atoms with E-state index in [0.29, 0.717) is 12.0 Å². The second-order valence-corrected chi connectivity index (χ2v) is 5.55. The fourth-order valence-electron chi connectivity index (χ4n) is 2.22. The average Bonchev–Trinajstić information content (AvgIpc) is 2.59. The molecule has 4 nitrogen and oxygen atoms in total. The maximum Gasteiger partial charge on any atom is 0.354 e. The molecule has 1 rings (SSSR count). The van der Waals surface area contributed by atoms with Gasteiger partial charge in [0.25, 0.3) is 0 Å². The molecule has 0 spiro atoms. The quantitative estimate of drug-likeness (QED) is 0.258. The van der Waals surface area contributed by atoms with E-state index in [1.165, 1.54) is 0 Å². The van der Waals surface area contributed by atoms with Gasteiger partial charge in [-0.2, -0.15) is 0 Å². The van der Waals surface area contributed by atoms with Crippen molar-refractivity contribution in [1.29, 1.82) is 0 Å². The van der Waals surface area contributed by atoms with Gasteiger partial charge in [-0.1, -0.05) is 55.7 Å². The number of esters is 1. The number of hydrogen-bond acceptors (Lipinski definition) is 4. The lowest BCUT2D eigenvalue weighted by Gasteiger charge is -2.15. The molecule has 0 saturated carbocycles.